The number of rotatable bonds is 18. The summed E-state index contributed by atoms with van der Waals surface area (Å²) in [5.41, 5.74) is -12.0. The quantitative estimate of drug-likeness (QED) is 0.0816. The SMILES string of the molecule is CCc1cc(N(CCc2ccc(C(F)(F)F)cn2)C(=O)[C@](O)(c2ccc(F)cc2)[C@](O)(C(=O)N(CCc2ccc(C(F)(F)F)cn2)c2ccc(OC(F)F)c(OC(F)F)c2)c2ccc(F)cc2)ccc1Cl. The highest BCUT2D eigenvalue weighted by Crippen LogP contribution is 2.47. The number of alkyl halides is 10. The van der Waals surface area contributed by atoms with Crippen molar-refractivity contribution in [3.63, 3.8) is 0 Å². The Labute approximate surface area is 400 Å². The van der Waals surface area contributed by atoms with Crippen LogP contribution in [0.3, 0.4) is 0 Å². The Hall–Kier alpha value is -6.91. The summed E-state index contributed by atoms with van der Waals surface area (Å²) >= 11 is 6.42. The summed E-state index contributed by atoms with van der Waals surface area (Å²) in [6.07, 6.45) is -9.37. The van der Waals surface area contributed by atoms with E-state index in [-0.39, 0.29) is 34.9 Å². The molecule has 2 N–H and O–H groups in total. The van der Waals surface area contributed by atoms with Gasteiger partial charge in [-0.1, -0.05) is 42.8 Å². The molecule has 2 atom stereocenters. The Balaban J connectivity index is 1.61. The number of hydrogen-bond donors (Lipinski definition) is 2. The second-order valence-corrected chi connectivity index (χ2v) is 15.8. The second-order valence-electron chi connectivity index (χ2n) is 15.4. The summed E-state index contributed by atoms with van der Waals surface area (Å²) < 4.78 is 174. The first-order valence-electron chi connectivity index (χ1n) is 20.8. The number of aliphatic hydroxyl groups is 2. The Bertz CT molecular complexity index is 2810. The van der Waals surface area contributed by atoms with Crippen LogP contribution in [0.15, 0.2) is 122 Å². The molecule has 4 aromatic carbocycles. The normalized spacial score (nSPS) is 13.7. The van der Waals surface area contributed by atoms with Gasteiger partial charge in [-0.3, -0.25) is 19.6 Å². The number of benzene rings is 4. The molecule has 376 valence electrons. The van der Waals surface area contributed by atoms with E-state index in [1.807, 2.05) is 0 Å². The minimum absolute atomic E-state index is 0.0418. The third-order valence-corrected chi connectivity index (χ3v) is 11.4. The van der Waals surface area contributed by atoms with Crippen molar-refractivity contribution in [2.45, 2.75) is 63.0 Å². The molecular formula is C48H37ClF12N4O6. The summed E-state index contributed by atoms with van der Waals surface area (Å²) in [4.78, 5) is 40.5. The van der Waals surface area contributed by atoms with Crippen molar-refractivity contribution in [1.29, 1.82) is 0 Å². The van der Waals surface area contributed by atoms with Crippen LogP contribution in [0, 0.1) is 11.6 Å². The maximum atomic E-state index is 15.8. The van der Waals surface area contributed by atoms with E-state index in [1.54, 1.807) is 6.92 Å². The van der Waals surface area contributed by atoms with Gasteiger partial charge in [0, 0.05) is 72.2 Å². The number of aryl methyl sites for hydroxylation is 1. The van der Waals surface area contributed by atoms with Gasteiger partial charge in [-0.05, 0) is 102 Å². The summed E-state index contributed by atoms with van der Waals surface area (Å²) in [6.45, 7) is -7.10. The molecule has 0 bridgehead atoms. The molecule has 0 saturated heterocycles. The van der Waals surface area contributed by atoms with E-state index in [9.17, 15) is 62.9 Å². The monoisotopic (exact) mass is 1030 g/mol. The van der Waals surface area contributed by atoms with Gasteiger partial charge in [-0.25, -0.2) is 8.78 Å². The van der Waals surface area contributed by atoms with Gasteiger partial charge < -0.3 is 29.5 Å². The van der Waals surface area contributed by atoms with Crippen molar-refractivity contribution in [3.8, 4) is 11.5 Å². The lowest BCUT2D eigenvalue weighted by Gasteiger charge is -2.46. The third-order valence-electron chi connectivity index (χ3n) is 11.0. The lowest BCUT2D eigenvalue weighted by Crippen LogP contribution is -2.66. The molecule has 0 radical (unpaired) electrons. The summed E-state index contributed by atoms with van der Waals surface area (Å²) in [5, 5.41) is 27.1. The number of carbonyl (C=O) groups excluding carboxylic acids is 2. The van der Waals surface area contributed by atoms with Crippen molar-refractivity contribution >= 4 is 34.8 Å². The second kappa shape index (κ2) is 21.6. The van der Waals surface area contributed by atoms with E-state index in [4.69, 9.17) is 11.6 Å². The van der Waals surface area contributed by atoms with Crippen LogP contribution in [0.4, 0.5) is 64.1 Å². The van der Waals surface area contributed by atoms with Gasteiger partial charge in [0.25, 0.3) is 11.8 Å². The highest BCUT2D eigenvalue weighted by atomic mass is 35.5. The fraction of sp³-hybridized carbons (Fsp3) is 0.250. The van der Waals surface area contributed by atoms with Crippen LogP contribution in [0.2, 0.25) is 5.02 Å². The van der Waals surface area contributed by atoms with Crippen molar-refractivity contribution in [3.05, 3.63) is 177 Å². The fourth-order valence-electron chi connectivity index (χ4n) is 7.42. The molecule has 0 aliphatic rings. The lowest BCUT2D eigenvalue weighted by molar-refractivity contribution is -0.188. The summed E-state index contributed by atoms with van der Waals surface area (Å²) in [6, 6.07) is 15.3. The minimum atomic E-state index is -4.84. The Morgan fingerprint density at radius 1 is 0.577 bits per heavy atom. The van der Waals surface area contributed by atoms with E-state index in [2.05, 4.69) is 19.4 Å². The first kappa shape index (κ1) is 53.4. The van der Waals surface area contributed by atoms with E-state index < -0.39 is 119 Å². The summed E-state index contributed by atoms with van der Waals surface area (Å²) in [7, 11) is 0. The van der Waals surface area contributed by atoms with Crippen LogP contribution in [-0.4, -0.2) is 58.3 Å². The fourth-order valence-corrected chi connectivity index (χ4v) is 7.67. The molecule has 2 amide bonds. The minimum Gasteiger partial charge on any atom is -0.431 e. The molecular weight excluding hydrogens is 992 g/mol. The van der Waals surface area contributed by atoms with E-state index in [0.29, 0.717) is 59.3 Å². The first-order valence-corrected chi connectivity index (χ1v) is 21.2. The molecule has 2 aromatic heterocycles. The average molecular weight is 1030 g/mol. The van der Waals surface area contributed by atoms with Crippen LogP contribution in [0.1, 0.15) is 46.1 Å². The Morgan fingerprint density at radius 2 is 0.972 bits per heavy atom. The Kier molecular flexibility index (Phi) is 16.3. The molecule has 0 unspecified atom stereocenters. The van der Waals surface area contributed by atoms with E-state index in [0.717, 1.165) is 59.5 Å². The number of amides is 2. The molecule has 0 spiro atoms. The number of anilines is 2. The molecule has 0 fully saturated rings. The molecule has 6 rings (SSSR count). The topological polar surface area (TPSA) is 125 Å². The number of pyridine rings is 2. The van der Waals surface area contributed by atoms with Crippen molar-refractivity contribution < 1.29 is 82.0 Å². The van der Waals surface area contributed by atoms with Crippen molar-refractivity contribution in [2.75, 3.05) is 22.9 Å². The lowest BCUT2D eigenvalue weighted by atomic mass is 9.71. The molecule has 0 saturated carbocycles. The highest BCUT2D eigenvalue weighted by Gasteiger charge is 2.64. The molecule has 6 aromatic rings. The molecule has 2 heterocycles. The number of ether oxygens (including phenoxy) is 2. The maximum absolute atomic E-state index is 15.8. The molecule has 23 heteroatoms. The van der Waals surface area contributed by atoms with Crippen LogP contribution in [-0.2, 0) is 52.4 Å². The van der Waals surface area contributed by atoms with E-state index >= 15 is 9.59 Å². The highest BCUT2D eigenvalue weighted by molar-refractivity contribution is 6.31. The maximum Gasteiger partial charge on any atom is 0.417 e. The zero-order chi connectivity index (χ0) is 52.1. The largest absolute Gasteiger partial charge is 0.431 e. The van der Waals surface area contributed by atoms with Gasteiger partial charge in [-0.15, -0.1) is 0 Å². The number of halogens is 13. The van der Waals surface area contributed by atoms with Gasteiger partial charge in [0.2, 0.25) is 11.2 Å². The smallest absolute Gasteiger partial charge is 0.417 e. The molecule has 10 nitrogen and oxygen atoms in total. The van der Waals surface area contributed by atoms with Gasteiger partial charge >= 0.3 is 25.6 Å². The van der Waals surface area contributed by atoms with Gasteiger partial charge in [0.15, 0.2) is 11.5 Å². The zero-order valence-electron chi connectivity index (χ0n) is 36.5. The van der Waals surface area contributed by atoms with Gasteiger partial charge in [0.1, 0.15) is 11.6 Å². The van der Waals surface area contributed by atoms with Crippen molar-refractivity contribution in [1.82, 2.24) is 9.97 Å². The van der Waals surface area contributed by atoms with Crippen LogP contribution >= 0.6 is 11.6 Å². The zero-order valence-corrected chi connectivity index (χ0v) is 37.2. The predicted molar refractivity (Wildman–Crippen MR) is 232 cm³/mol. The average Bonchev–Trinajstić information content (AvgIpc) is 3.32. The number of carbonyl (C=O) groups is 2. The molecule has 71 heavy (non-hydrogen) atoms. The van der Waals surface area contributed by atoms with Gasteiger partial charge in [0.05, 0.1) is 11.1 Å². The first-order chi connectivity index (χ1) is 33.4. The van der Waals surface area contributed by atoms with Crippen LogP contribution < -0.4 is 19.3 Å². The number of aromatic nitrogens is 2. The van der Waals surface area contributed by atoms with Crippen LogP contribution in [0.25, 0.3) is 0 Å². The van der Waals surface area contributed by atoms with Crippen molar-refractivity contribution in [2.24, 2.45) is 0 Å². The predicted octanol–water partition coefficient (Wildman–Crippen LogP) is 10.8. The standard InChI is InChI=1S/C48H37ClF12N4O6/c1-2-27-23-36(15-17-38(27)49)64(21-19-34-13-7-30(25-62-34)47(56,57)58)41(66)45(68,28-3-9-32(50)10-4-28)46(69,29-5-11-33(51)12-6-29)42(67)65(22-20-35-14-8-31(26-63-35)48(59,60)61)37-16-18-39(70-43(52)53)40(24-37)71-44(54)55/h3-18,23-26,43-44,68-69H,2,19-22H2,1H3/t45-,46-/m1/s1. The van der Waals surface area contributed by atoms with Crippen LogP contribution in [0.5, 0.6) is 11.5 Å². The van der Waals surface area contributed by atoms with E-state index in [1.165, 1.54) is 18.2 Å². The Morgan fingerprint density at radius 3 is 1.35 bits per heavy atom. The molecule has 0 aliphatic carbocycles. The van der Waals surface area contributed by atoms with Gasteiger partial charge in [-0.2, -0.15) is 43.9 Å². The molecule has 0 aliphatic heterocycles. The number of nitrogens with zero attached hydrogens (tertiary/aromatic N) is 4. The third kappa shape index (κ3) is 12.0. The number of hydrogen-bond acceptors (Lipinski definition) is 8. The summed E-state index contributed by atoms with van der Waals surface area (Å²) in [5.74, 6) is -7.51.